The quantitative estimate of drug-likeness (QED) is 0.928. The highest BCUT2D eigenvalue weighted by molar-refractivity contribution is 8.00. The molecule has 0 aromatic heterocycles. The van der Waals surface area contributed by atoms with Gasteiger partial charge in [-0.1, -0.05) is 6.07 Å². The third kappa shape index (κ3) is 4.19. The molecule has 0 bridgehead atoms. The fourth-order valence-corrected chi connectivity index (χ4v) is 3.09. The highest BCUT2D eigenvalue weighted by atomic mass is 32.2. The minimum atomic E-state index is -0.371. The molecule has 1 N–H and O–H groups in total. The van der Waals surface area contributed by atoms with Crippen LogP contribution in [0.2, 0.25) is 0 Å². The SMILES string of the molecule is CSC1(C#N)CCN(CC(=O)Nc2cccc(F)c2)CC1. The first-order valence-electron chi connectivity index (χ1n) is 6.81. The van der Waals surface area contributed by atoms with Crippen molar-refractivity contribution in [2.75, 3.05) is 31.2 Å². The predicted octanol–water partition coefficient (Wildman–Crippen LogP) is 2.49. The number of nitrogens with one attached hydrogen (secondary N) is 1. The Morgan fingerprint density at radius 1 is 1.52 bits per heavy atom. The van der Waals surface area contributed by atoms with E-state index in [2.05, 4.69) is 11.4 Å². The number of piperidine rings is 1. The molecule has 1 amide bonds. The number of halogens is 1. The van der Waals surface area contributed by atoms with Crippen molar-refractivity contribution in [2.45, 2.75) is 17.6 Å². The van der Waals surface area contributed by atoms with Crippen LogP contribution in [0.5, 0.6) is 0 Å². The van der Waals surface area contributed by atoms with Crippen molar-refractivity contribution < 1.29 is 9.18 Å². The molecule has 0 saturated carbocycles. The van der Waals surface area contributed by atoms with Crippen LogP contribution >= 0.6 is 11.8 Å². The Labute approximate surface area is 128 Å². The normalized spacial score (nSPS) is 18.0. The average Bonchev–Trinajstić information content (AvgIpc) is 2.48. The smallest absolute Gasteiger partial charge is 0.238 e. The molecule has 0 unspecified atom stereocenters. The number of likely N-dealkylation sites (tertiary alicyclic amines) is 1. The molecule has 1 fully saturated rings. The lowest BCUT2D eigenvalue weighted by Crippen LogP contribution is -2.44. The molecule has 1 aliphatic heterocycles. The van der Waals surface area contributed by atoms with E-state index in [4.69, 9.17) is 0 Å². The monoisotopic (exact) mass is 307 g/mol. The first-order valence-corrected chi connectivity index (χ1v) is 8.03. The topological polar surface area (TPSA) is 56.1 Å². The summed E-state index contributed by atoms with van der Waals surface area (Å²) in [5.74, 6) is -0.529. The van der Waals surface area contributed by atoms with Gasteiger partial charge in [-0.05, 0) is 37.3 Å². The van der Waals surface area contributed by atoms with Gasteiger partial charge in [-0.15, -0.1) is 11.8 Å². The van der Waals surface area contributed by atoms with Crippen LogP contribution in [0.15, 0.2) is 24.3 Å². The molecule has 0 spiro atoms. The van der Waals surface area contributed by atoms with Crippen LogP contribution in [0.3, 0.4) is 0 Å². The van der Waals surface area contributed by atoms with Gasteiger partial charge in [-0.2, -0.15) is 5.26 Å². The van der Waals surface area contributed by atoms with E-state index in [1.807, 2.05) is 11.2 Å². The minimum absolute atomic E-state index is 0.158. The summed E-state index contributed by atoms with van der Waals surface area (Å²) in [6.45, 7) is 1.72. The van der Waals surface area contributed by atoms with E-state index >= 15 is 0 Å². The predicted molar refractivity (Wildman–Crippen MR) is 82.6 cm³/mol. The lowest BCUT2D eigenvalue weighted by Gasteiger charge is -2.35. The lowest BCUT2D eigenvalue weighted by atomic mass is 9.97. The van der Waals surface area contributed by atoms with Crippen LogP contribution in [-0.4, -0.2) is 41.4 Å². The second kappa shape index (κ2) is 6.92. The lowest BCUT2D eigenvalue weighted by molar-refractivity contribution is -0.117. The Balaban J connectivity index is 1.84. The van der Waals surface area contributed by atoms with Crippen molar-refractivity contribution in [1.29, 1.82) is 5.26 Å². The molecule has 0 atom stereocenters. The molecule has 0 aliphatic carbocycles. The second-order valence-electron chi connectivity index (χ2n) is 5.14. The Kier molecular flexibility index (Phi) is 5.21. The van der Waals surface area contributed by atoms with Crippen LogP contribution in [-0.2, 0) is 4.79 Å². The maximum Gasteiger partial charge on any atom is 0.238 e. The second-order valence-corrected chi connectivity index (χ2v) is 6.33. The van der Waals surface area contributed by atoms with E-state index in [9.17, 15) is 14.4 Å². The molecule has 1 heterocycles. The molecule has 1 aromatic carbocycles. The minimum Gasteiger partial charge on any atom is -0.325 e. The maximum absolute atomic E-state index is 13.0. The largest absolute Gasteiger partial charge is 0.325 e. The standard InChI is InChI=1S/C15H18FN3OS/c1-21-15(11-17)5-7-19(8-6-15)10-14(20)18-13-4-2-3-12(16)9-13/h2-4,9H,5-8,10H2,1H3,(H,18,20). The van der Waals surface area contributed by atoms with E-state index in [0.717, 1.165) is 25.9 Å². The average molecular weight is 307 g/mol. The Hall–Kier alpha value is -1.58. The van der Waals surface area contributed by atoms with Crippen LogP contribution in [0, 0.1) is 17.1 Å². The first kappa shape index (κ1) is 15.8. The molecule has 1 aromatic rings. The van der Waals surface area contributed by atoms with E-state index in [-0.39, 0.29) is 23.0 Å². The van der Waals surface area contributed by atoms with Crippen LogP contribution < -0.4 is 5.32 Å². The summed E-state index contributed by atoms with van der Waals surface area (Å²) in [5, 5.41) is 11.9. The van der Waals surface area contributed by atoms with Gasteiger partial charge in [0.2, 0.25) is 5.91 Å². The van der Waals surface area contributed by atoms with E-state index < -0.39 is 0 Å². The zero-order valence-electron chi connectivity index (χ0n) is 11.9. The molecular weight excluding hydrogens is 289 g/mol. The Bertz CT molecular complexity index is 550. The van der Waals surface area contributed by atoms with Crippen LogP contribution in [0.4, 0.5) is 10.1 Å². The molecule has 6 heteroatoms. The first-order chi connectivity index (χ1) is 10.1. The molecule has 21 heavy (non-hydrogen) atoms. The number of benzene rings is 1. The maximum atomic E-state index is 13.0. The molecule has 112 valence electrons. The third-order valence-corrected chi connectivity index (χ3v) is 5.01. The summed E-state index contributed by atoms with van der Waals surface area (Å²) < 4.78 is 12.7. The number of hydrogen-bond donors (Lipinski definition) is 1. The van der Waals surface area contributed by atoms with E-state index in [1.54, 1.807) is 23.9 Å². The van der Waals surface area contributed by atoms with Crippen LogP contribution in [0.1, 0.15) is 12.8 Å². The molecular formula is C15H18FN3OS. The Morgan fingerprint density at radius 2 is 2.24 bits per heavy atom. The summed E-state index contributed by atoms with van der Waals surface area (Å²) in [6.07, 6.45) is 3.48. The number of thioether (sulfide) groups is 1. The van der Waals surface area contributed by atoms with Crippen molar-refractivity contribution in [3.8, 4) is 6.07 Å². The number of nitrogens with zero attached hydrogens (tertiary/aromatic N) is 2. The fourth-order valence-electron chi connectivity index (χ4n) is 2.40. The third-order valence-electron chi connectivity index (χ3n) is 3.73. The van der Waals surface area contributed by atoms with Crippen molar-refractivity contribution in [3.63, 3.8) is 0 Å². The molecule has 0 radical (unpaired) electrons. The van der Waals surface area contributed by atoms with Gasteiger partial charge in [-0.25, -0.2) is 4.39 Å². The van der Waals surface area contributed by atoms with Crippen molar-refractivity contribution in [3.05, 3.63) is 30.1 Å². The van der Waals surface area contributed by atoms with Gasteiger partial charge in [-0.3, -0.25) is 9.69 Å². The molecule has 1 saturated heterocycles. The number of anilines is 1. The van der Waals surface area contributed by atoms with E-state index in [1.165, 1.54) is 12.1 Å². The number of hydrogen-bond acceptors (Lipinski definition) is 4. The van der Waals surface area contributed by atoms with Gasteiger partial charge < -0.3 is 5.32 Å². The van der Waals surface area contributed by atoms with Gasteiger partial charge in [0, 0.05) is 18.8 Å². The van der Waals surface area contributed by atoms with Gasteiger partial charge >= 0.3 is 0 Å². The molecule has 1 aliphatic rings. The summed E-state index contributed by atoms with van der Waals surface area (Å²) in [5.41, 5.74) is 0.465. The summed E-state index contributed by atoms with van der Waals surface area (Å²) in [7, 11) is 0. The van der Waals surface area contributed by atoms with Crippen molar-refractivity contribution in [2.24, 2.45) is 0 Å². The van der Waals surface area contributed by atoms with Gasteiger partial charge in [0.15, 0.2) is 0 Å². The van der Waals surface area contributed by atoms with E-state index in [0.29, 0.717) is 5.69 Å². The highest BCUT2D eigenvalue weighted by Gasteiger charge is 2.34. The number of carbonyl (C=O) groups is 1. The van der Waals surface area contributed by atoms with Gasteiger partial charge in [0.1, 0.15) is 10.6 Å². The number of rotatable bonds is 4. The van der Waals surface area contributed by atoms with Crippen molar-refractivity contribution in [1.82, 2.24) is 4.90 Å². The summed E-state index contributed by atoms with van der Waals surface area (Å²) >= 11 is 1.59. The molecule has 4 nitrogen and oxygen atoms in total. The van der Waals surface area contributed by atoms with Crippen LogP contribution in [0.25, 0.3) is 0 Å². The molecule has 2 rings (SSSR count). The number of amides is 1. The zero-order valence-corrected chi connectivity index (χ0v) is 12.8. The summed E-state index contributed by atoms with van der Waals surface area (Å²) in [4.78, 5) is 14.0. The van der Waals surface area contributed by atoms with Crippen molar-refractivity contribution >= 4 is 23.4 Å². The van der Waals surface area contributed by atoms with Gasteiger partial charge in [0.05, 0.1) is 12.6 Å². The van der Waals surface area contributed by atoms with Gasteiger partial charge in [0.25, 0.3) is 0 Å². The highest BCUT2D eigenvalue weighted by Crippen LogP contribution is 2.33. The summed E-state index contributed by atoms with van der Waals surface area (Å²) in [6, 6.07) is 8.23. The number of nitriles is 1. The zero-order chi connectivity index (χ0) is 15.3. The number of carbonyl (C=O) groups excluding carboxylic acids is 1. The fraction of sp³-hybridized carbons (Fsp3) is 0.467. The Morgan fingerprint density at radius 3 is 2.81 bits per heavy atom.